The van der Waals surface area contributed by atoms with Crippen molar-refractivity contribution in [3.8, 4) is 0 Å². The number of nitrogens with one attached hydrogen (secondary N) is 2. The van der Waals surface area contributed by atoms with E-state index in [-0.39, 0.29) is 38.3 Å². The summed E-state index contributed by atoms with van der Waals surface area (Å²) in [6.45, 7) is 1.88. The van der Waals surface area contributed by atoms with Crippen LogP contribution in [0.2, 0.25) is 0 Å². The summed E-state index contributed by atoms with van der Waals surface area (Å²) in [5.41, 5.74) is 5.33. The van der Waals surface area contributed by atoms with E-state index < -0.39 is 24.0 Å². The molecule has 0 aliphatic carbocycles. The van der Waals surface area contributed by atoms with Gasteiger partial charge in [0.1, 0.15) is 25.2 Å². The zero-order chi connectivity index (χ0) is 15.4. The van der Waals surface area contributed by atoms with E-state index in [0.717, 1.165) is 0 Å². The monoisotopic (exact) mass is 332 g/mol. The molecular formula is C11H17ClN6O4. The summed E-state index contributed by atoms with van der Waals surface area (Å²) in [5.74, 6) is -0.776. The van der Waals surface area contributed by atoms with Crippen molar-refractivity contribution in [2.24, 2.45) is 15.7 Å². The first-order valence-electron chi connectivity index (χ1n) is 6.27. The molecule has 22 heavy (non-hydrogen) atoms. The molecular weight excluding hydrogens is 316 g/mol. The van der Waals surface area contributed by atoms with E-state index in [2.05, 4.69) is 15.3 Å². The maximum absolute atomic E-state index is 11.6. The van der Waals surface area contributed by atoms with Crippen molar-refractivity contribution in [1.29, 1.82) is 5.41 Å². The van der Waals surface area contributed by atoms with Crippen LogP contribution >= 0.6 is 12.4 Å². The van der Waals surface area contributed by atoms with E-state index in [1.807, 2.05) is 0 Å². The van der Waals surface area contributed by atoms with Gasteiger partial charge in [-0.3, -0.25) is 30.2 Å². The molecule has 0 radical (unpaired) electrons. The van der Waals surface area contributed by atoms with Gasteiger partial charge in [-0.15, -0.1) is 12.4 Å². The first-order chi connectivity index (χ1) is 9.99. The van der Waals surface area contributed by atoms with Crippen LogP contribution in [0.4, 0.5) is 0 Å². The largest absolute Gasteiger partial charge is 0.462 e. The smallest absolute Gasteiger partial charge is 0.322 e. The first kappa shape index (κ1) is 18.0. The molecule has 11 heteroatoms. The molecule has 2 atom stereocenters. The molecule has 1 unspecified atom stereocenters. The summed E-state index contributed by atoms with van der Waals surface area (Å²) in [4.78, 5) is 32.1. The molecule has 0 fully saturated rings. The maximum Gasteiger partial charge on any atom is 0.322 e. The number of hydrogen-bond acceptors (Lipinski definition) is 8. The Morgan fingerprint density at radius 3 is 3.00 bits per heavy atom. The second kappa shape index (κ2) is 7.82. The Morgan fingerprint density at radius 1 is 1.59 bits per heavy atom. The number of aliphatic imine (C=N–C) groups is 2. The highest BCUT2D eigenvalue weighted by Crippen LogP contribution is 2.11. The van der Waals surface area contributed by atoms with Gasteiger partial charge in [0.2, 0.25) is 5.96 Å². The number of amidine groups is 1. The Labute approximate surface area is 132 Å². The standard InChI is InChI=1S/C11H16N6O4.ClH/c1-6(12)10(19)21-3-2-20-5-17-4-14-7-8(17)15-11(13)16-9(7)18;/h4,6-7H,2-3,5,12H2,1H3,(H2,13,16,18);1H/t6-,7?;/m0./s1. The van der Waals surface area contributed by atoms with E-state index in [1.165, 1.54) is 18.2 Å². The lowest BCUT2D eigenvalue weighted by Crippen LogP contribution is -2.49. The fourth-order valence-corrected chi connectivity index (χ4v) is 1.66. The van der Waals surface area contributed by atoms with Gasteiger partial charge >= 0.3 is 5.97 Å². The zero-order valence-corrected chi connectivity index (χ0v) is 12.6. The number of carbonyl (C=O) groups is 2. The number of nitrogens with zero attached hydrogens (tertiary/aromatic N) is 3. The SMILES string of the molecule is C[C@H](N)C(=O)OCCOCN1C=NC2C(=O)NC(=N)N=C21.Cl. The third-order valence-corrected chi connectivity index (χ3v) is 2.68. The predicted octanol–water partition coefficient (Wildman–Crippen LogP) is -1.55. The van der Waals surface area contributed by atoms with Crippen molar-refractivity contribution in [2.75, 3.05) is 19.9 Å². The highest BCUT2D eigenvalue weighted by atomic mass is 35.5. The van der Waals surface area contributed by atoms with Gasteiger partial charge in [0, 0.05) is 0 Å². The number of fused-ring (bicyclic) bond motifs is 1. The van der Waals surface area contributed by atoms with Gasteiger partial charge < -0.3 is 15.2 Å². The Balaban J connectivity index is 0.00000242. The minimum absolute atomic E-state index is 0. The molecule has 1 amide bonds. The van der Waals surface area contributed by atoms with Crippen LogP contribution in [0.1, 0.15) is 6.92 Å². The van der Waals surface area contributed by atoms with Crippen LogP contribution in [0.5, 0.6) is 0 Å². The minimum Gasteiger partial charge on any atom is -0.462 e. The molecule has 122 valence electrons. The predicted molar refractivity (Wildman–Crippen MR) is 80.1 cm³/mol. The number of carbonyl (C=O) groups excluding carboxylic acids is 2. The summed E-state index contributed by atoms with van der Waals surface area (Å²) in [6, 6.07) is -1.41. The third-order valence-electron chi connectivity index (χ3n) is 2.68. The number of nitrogens with two attached hydrogens (primary N) is 1. The molecule has 10 nitrogen and oxygen atoms in total. The Kier molecular flexibility index (Phi) is 6.40. The quantitative estimate of drug-likeness (QED) is 0.397. The molecule has 0 saturated heterocycles. The summed E-state index contributed by atoms with van der Waals surface area (Å²) in [6.07, 6.45) is 1.43. The van der Waals surface area contributed by atoms with Crippen molar-refractivity contribution in [3.63, 3.8) is 0 Å². The van der Waals surface area contributed by atoms with E-state index in [0.29, 0.717) is 5.84 Å². The van der Waals surface area contributed by atoms with Crippen molar-refractivity contribution >= 4 is 42.4 Å². The molecule has 0 bridgehead atoms. The van der Waals surface area contributed by atoms with Gasteiger partial charge in [-0.25, -0.2) is 0 Å². The molecule has 0 aromatic carbocycles. The molecule has 2 rings (SSSR count). The van der Waals surface area contributed by atoms with Crippen LogP contribution in [0, 0.1) is 5.41 Å². The summed E-state index contributed by atoms with van der Waals surface area (Å²) < 4.78 is 10.1. The van der Waals surface area contributed by atoms with E-state index in [1.54, 1.807) is 0 Å². The maximum atomic E-state index is 11.6. The second-order valence-corrected chi connectivity index (χ2v) is 4.44. The third kappa shape index (κ3) is 4.23. The number of hydrogen-bond donors (Lipinski definition) is 3. The fourth-order valence-electron chi connectivity index (χ4n) is 1.66. The topological polar surface area (TPSA) is 142 Å². The fraction of sp³-hybridized carbons (Fsp3) is 0.545. The van der Waals surface area contributed by atoms with Crippen LogP contribution < -0.4 is 11.1 Å². The van der Waals surface area contributed by atoms with Gasteiger partial charge in [0.15, 0.2) is 6.04 Å². The number of ether oxygens (including phenoxy) is 2. The number of rotatable bonds is 6. The number of amides is 1. The molecule has 2 aliphatic heterocycles. The Bertz CT molecular complexity index is 521. The molecule has 2 heterocycles. The lowest BCUT2D eigenvalue weighted by Gasteiger charge is -2.21. The van der Waals surface area contributed by atoms with Crippen LogP contribution in [0.15, 0.2) is 9.98 Å². The molecule has 4 N–H and O–H groups in total. The minimum atomic E-state index is -0.737. The Hall–Kier alpha value is -2.04. The highest BCUT2D eigenvalue weighted by Gasteiger charge is 2.36. The van der Waals surface area contributed by atoms with Gasteiger partial charge in [0.25, 0.3) is 5.91 Å². The van der Waals surface area contributed by atoms with Crippen molar-refractivity contribution in [3.05, 3.63) is 0 Å². The average molecular weight is 333 g/mol. The van der Waals surface area contributed by atoms with Gasteiger partial charge in [-0.2, -0.15) is 4.99 Å². The first-order valence-corrected chi connectivity index (χ1v) is 6.27. The molecule has 0 aromatic heterocycles. The van der Waals surface area contributed by atoms with Crippen molar-refractivity contribution < 1.29 is 19.1 Å². The molecule has 0 spiro atoms. The highest BCUT2D eigenvalue weighted by molar-refractivity contribution is 6.23. The summed E-state index contributed by atoms with van der Waals surface area (Å²) in [5, 5.41) is 9.66. The molecule has 0 saturated carbocycles. The molecule has 0 aromatic rings. The average Bonchev–Trinajstić information content (AvgIpc) is 2.81. The van der Waals surface area contributed by atoms with Crippen molar-refractivity contribution in [1.82, 2.24) is 10.2 Å². The van der Waals surface area contributed by atoms with Crippen LogP contribution in [0.3, 0.4) is 0 Å². The van der Waals surface area contributed by atoms with E-state index >= 15 is 0 Å². The normalized spacial score (nSPS) is 20.7. The number of esters is 1. The Morgan fingerprint density at radius 2 is 2.32 bits per heavy atom. The second-order valence-electron chi connectivity index (χ2n) is 4.44. The molecule has 2 aliphatic rings. The van der Waals surface area contributed by atoms with Crippen molar-refractivity contribution in [2.45, 2.75) is 19.0 Å². The van der Waals surface area contributed by atoms with Crippen LogP contribution in [-0.4, -0.2) is 66.9 Å². The van der Waals surface area contributed by atoms with E-state index in [4.69, 9.17) is 20.6 Å². The van der Waals surface area contributed by atoms with Gasteiger partial charge in [0.05, 0.1) is 12.9 Å². The number of halogens is 1. The van der Waals surface area contributed by atoms with E-state index in [9.17, 15) is 9.59 Å². The lowest BCUT2D eigenvalue weighted by atomic mass is 10.2. The lowest BCUT2D eigenvalue weighted by molar-refractivity contribution is -0.146. The van der Waals surface area contributed by atoms with Crippen LogP contribution in [0.25, 0.3) is 0 Å². The van der Waals surface area contributed by atoms with Gasteiger partial charge in [-0.05, 0) is 6.92 Å². The number of guanidine groups is 1. The van der Waals surface area contributed by atoms with Crippen LogP contribution in [-0.2, 0) is 19.1 Å². The van der Waals surface area contributed by atoms with Gasteiger partial charge in [-0.1, -0.05) is 0 Å². The summed E-state index contributed by atoms with van der Waals surface area (Å²) >= 11 is 0. The summed E-state index contributed by atoms with van der Waals surface area (Å²) in [7, 11) is 0. The zero-order valence-electron chi connectivity index (χ0n) is 11.8.